The summed E-state index contributed by atoms with van der Waals surface area (Å²) in [6.45, 7) is 7.21. The lowest BCUT2D eigenvalue weighted by molar-refractivity contribution is 0.127. The molecule has 1 aliphatic carbocycles. The van der Waals surface area contributed by atoms with Crippen LogP contribution in [-0.4, -0.2) is 13.1 Å². The van der Waals surface area contributed by atoms with Crippen LogP contribution in [0.2, 0.25) is 0 Å². The van der Waals surface area contributed by atoms with Crippen molar-refractivity contribution in [1.82, 2.24) is 5.32 Å². The molecule has 1 N–H and O–H groups in total. The fourth-order valence-corrected chi connectivity index (χ4v) is 3.77. The summed E-state index contributed by atoms with van der Waals surface area (Å²) in [6, 6.07) is 0.736. The van der Waals surface area contributed by atoms with Crippen molar-refractivity contribution in [3.05, 3.63) is 0 Å². The van der Waals surface area contributed by atoms with E-state index in [9.17, 15) is 0 Å². The molecule has 1 fully saturated rings. The van der Waals surface area contributed by atoms with E-state index in [1.54, 1.807) is 0 Å². The fraction of sp³-hybridized carbons (Fsp3) is 1.00. The third-order valence-corrected chi connectivity index (χ3v) is 5.30. The van der Waals surface area contributed by atoms with E-state index in [-0.39, 0.29) is 0 Å². The molecule has 18 heavy (non-hydrogen) atoms. The highest BCUT2D eigenvalue weighted by atomic mass is 14.9. The van der Waals surface area contributed by atoms with Crippen LogP contribution in [0.3, 0.4) is 0 Å². The maximum Gasteiger partial charge on any atom is 0.0120 e. The Morgan fingerprint density at radius 1 is 1.11 bits per heavy atom. The number of unbranched alkanes of at least 4 members (excludes halogenated alkanes) is 1. The molecule has 1 heteroatoms. The minimum Gasteiger partial charge on any atom is -0.316 e. The molecule has 0 aromatic carbocycles. The van der Waals surface area contributed by atoms with Crippen LogP contribution in [0.25, 0.3) is 0 Å². The maximum absolute atomic E-state index is 3.65. The van der Waals surface area contributed by atoms with Gasteiger partial charge in [0, 0.05) is 6.04 Å². The molecule has 0 amide bonds. The van der Waals surface area contributed by atoms with E-state index in [1.165, 1.54) is 64.2 Å². The topological polar surface area (TPSA) is 12.0 Å². The van der Waals surface area contributed by atoms with Gasteiger partial charge in [0.25, 0.3) is 0 Å². The lowest BCUT2D eigenvalue weighted by atomic mass is 9.68. The lowest BCUT2D eigenvalue weighted by Crippen LogP contribution is -2.44. The summed E-state index contributed by atoms with van der Waals surface area (Å²) >= 11 is 0. The molecule has 1 saturated carbocycles. The molecule has 0 aromatic rings. The number of nitrogens with one attached hydrogen (secondary N) is 1. The van der Waals surface area contributed by atoms with Gasteiger partial charge < -0.3 is 5.32 Å². The van der Waals surface area contributed by atoms with Crippen LogP contribution in [0, 0.1) is 11.3 Å². The molecule has 0 saturated heterocycles. The standard InChI is InChI=1S/C17H35N/c1-5-7-11-15(6-2)14-16(18-4)17(3)12-9-8-10-13-17/h15-16,18H,5-14H2,1-4H3. The predicted octanol–water partition coefficient (Wildman–Crippen LogP) is 5.15. The second-order valence-electron chi connectivity index (χ2n) is 6.71. The Morgan fingerprint density at radius 3 is 2.28 bits per heavy atom. The van der Waals surface area contributed by atoms with Gasteiger partial charge in [-0.15, -0.1) is 0 Å². The highest BCUT2D eigenvalue weighted by Crippen LogP contribution is 2.41. The summed E-state index contributed by atoms with van der Waals surface area (Å²) in [5.74, 6) is 0.932. The second-order valence-corrected chi connectivity index (χ2v) is 6.71. The minimum absolute atomic E-state index is 0.562. The van der Waals surface area contributed by atoms with Crippen LogP contribution in [0.15, 0.2) is 0 Å². The van der Waals surface area contributed by atoms with E-state index in [0.29, 0.717) is 5.41 Å². The molecule has 1 nitrogen and oxygen atoms in total. The van der Waals surface area contributed by atoms with E-state index in [0.717, 1.165) is 12.0 Å². The highest BCUT2D eigenvalue weighted by Gasteiger charge is 2.35. The van der Waals surface area contributed by atoms with E-state index < -0.39 is 0 Å². The van der Waals surface area contributed by atoms with Gasteiger partial charge in [0.1, 0.15) is 0 Å². The first-order valence-electron chi connectivity index (χ1n) is 8.33. The average Bonchev–Trinajstić information content (AvgIpc) is 2.40. The van der Waals surface area contributed by atoms with Gasteiger partial charge >= 0.3 is 0 Å². The van der Waals surface area contributed by atoms with Crippen molar-refractivity contribution >= 4 is 0 Å². The van der Waals surface area contributed by atoms with E-state index in [1.807, 2.05) is 0 Å². The van der Waals surface area contributed by atoms with Crippen LogP contribution in [-0.2, 0) is 0 Å². The first kappa shape index (κ1) is 16.0. The Bertz CT molecular complexity index is 206. The van der Waals surface area contributed by atoms with Crippen LogP contribution in [0.4, 0.5) is 0 Å². The molecule has 0 bridgehead atoms. The molecule has 1 rings (SSSR count). The SMILES string of the molecule is CCCCC(CC)CC(NC)C1(C)CCCCC1. The van der Waals surface area contributed by atoms with Crippen molar-refractivity contribution in [1.29, 1.82) is 0 Å². The van der Waals surface area contributed by atoms with Crippen molar-refractivity contribution in [3.63, 3.8) is 0 Å². The number of hydrogen-bond acceptors (Lipinski definition) is 1. The highest BCUT2D eigenvalue weighted by molar-refractivity contribution is 4.90. The zero-order chi connectivity index (χ0) is 13.4. The number of hydrogen-bond donors (Lipinski definition) is 1. The van der Waals surface area contributed by atoms with Gasteiger partial charge in [-0.25, -0.2) is 0 Å². The van der Waals surface area contributed by atoms with Crippen molar-refractivity contribution in [2.75, 3.05) is 7.05 Å². The first-order valence-corrected chi connectivity index (χ1v) is 8.33. The van der Waals surface area contributed by atoms with Crippen molar-refractivity contribution in [2.24, 2.45) is 11.3 Å². The van der Waals surface area contributed by atoms with E-state index in [2.05, 4.69) is 33.1 Å². The van der Waals surface area contributed by atoms with Gasteiger partial charge in [-0.3, -0.25) is 0 Å². The third kappa shape index (κ3) is 4.57. The van der Waals surface area contributed by atoms with Crippen LogP contribution in [0.1, 0.15) is 85.0 Å². The predicted molar refractivity (Wildman–Crippen MR) is 82.0 cm³/mol. The quantitative estimate of drug-likeness (QED) is 0.630. The zero-order valence-corrected chi connectivity index (χ0v) is 13.2. The molecule has 1 aliphatic rings. The lowest BCUT2D eigenvalue weighted by Gasteiger charge is -2.42. The summed E-state index contributed by atoms with van der Waals surface area (Å²) in [6.07, 6.45) is 14.1. The Morgan fingerprint density at radius 2 is 1.78 bits per heavy atom. The van der Waals surface area contributed by atoms with Crippen LogP contribution < -0.4 is 5.32 Å². The summed E-state index contributed by atoms with van der Waals surface area (Å²) < 4.78 is 0. The molecule has 0 spiro atoms. The van der Waals surface area contributed by atoms with Gasteiger partial charge in [-0.1, -0.05) is 65.7 Å². The van der Waals surface area contributed by atoms with Gasteiger partial charge in [-0.05, 0) is 37.6 Å². The zero-order valence-electron chi connectivity index (χ0n) is 13.2. The smallest absolute Gasteiger partial charge is 0.0120 e. The molecule has 0 aromatic heterocycles. The maximum atomic E-state index is 3.65. The molecule has 2 atom stereocenters. The molecular weight excluding hydrogens is 218 g/mol. The van der Waals surface area contributed by atoms with Gasteiger partial charge in [-0.2, -0.15) is 0 Å². The van der Waals surface area contributed by atoms with Crippen molar-refractivity contribution in [3.8, 4) is 0 Å². The van der Waals surface area contributed by atoms with Gasteiger partial charge in [0.15, 0.2) is 0 Å². The summed E-state index contributed by atoms with van der Waals surface area (Å²) in [7, 11) is 2.18. The Hall–Kier alpha value is -0.0400. The Labute approximate surface area is 115 Å². The molecule has 0 radical (unpaired) electrons. The third-order valence-electron chi connectivity index (χ3n) is 5.30. The van der Waals surface area contributed by atoms with Crippen LogP contribution in [0.5, 0.6) is 0 Å². The Balaban J connectivity index is 2.52. The fourth-order valence-electron chi connectivity index (χ4n) is 3.77. The number of rotatable bonds is 8. The van der Waals surface area contributed by atoms with E-state index in [4.69, 9.17) is 0 Å². The summed E-state index contributed by atoms with van der Waals surface area (Å²) in [4.78, 5) is 0. The monoisotopic (exact) mass is 253 g/mol. The van der Waals surface area contributed by atoms with Crippen LogP contribution >= 0.6 is 0 Å². The normalized spacial score (nSPS) is 22.7. The summed E-state index contributed by atoms with van der Waals surface area (Å²) in [5, 5.41) is 3.65. The molecule has 2 unspecified atom stereocenters. The first-order chi connectivity index (χ1) is 8.66. The largest absolute Gasteiger partial charge is 0.316 e. The molecule has 108 valence electrons. The Kier molecular flexibility index (Phi) is 7.29. The molecular formula is C17H35N. The van der Waals surface area contributed by atoms with Gasteiger partial charge in [0.2, 0.25) is 0 Å². The van der Waals surface area contributed by atoms with Gasteiger partial charge in [0.05, 0.1) is 0 Å². The summed E-state index contributed by atoms with van der Waals surface area (Å²) in [5.41, 5.74) is 0.562. The molecule has 0 heterocycles. The molecule has 0 aliphatic heterocycles. The van der Waals surface area contributed by atoms with Crippen molar-refractivity contribution < 1.29 is 0 Å². The van der Waals surface area contributed by atoms with E-state index >= 15 is 0 Å². The van der Waals surface area contributed by atoms with Crippen molar-refractivity contribution in [2.45, 2.75) is 91.0 Å². The average molecular weight is 253 g/mol. The second kappa shape index (κ2) is 8.19. The minimum atomic E-state index is 0.562.